The first-order valence-corrected chi connectivity index (χ1v) is 11.9. The normalized spacial score (nSPS) is 21.5. The first-order chi connectivity index (χ1) is 16.4. The summed E-state index contributed by atoms with van der Waals surface area (Å²) in [7, 11) is 0. The molecule has 9 nitrogen and oxygen atoms in total. The van der Waals surface area contributed by atoms with E-state index >= 15 is 0 Å². The second kappa shape index (κ2) is 9.91. The van der Waals surface area contributed by atoms with Crippen molar-refractivity contribution < 1.29 is 30.9 Å². The van der Waals surface area contributed by atoms with Gasteiger partial charge in [0, 0.05) is 32.0 Å². The van der Waals surface area contributed by atoms with Crippen LogP contribution in [-0.2, 0) is 23.7 Å². The SMILES string of the molecule is O=c1[nH]nc(C2CCCN2C[S+]([O-])N2CCN(c3ncc(C(F)(F)F)cn3)CC2)cc1C(F)(F)F. The first-order valence-electron chi connectivity index (χ1n) is 10.6. The number of halogens is 6. The van der Waals surface area contributed by atoms with Crippen LogP contribution in [0.3, 0.4) is 0 Å². The number of alkyl halides is 6. The van der Waals surface area contributed by atoms with E-state index in [2.05, 4.69) is 15.1 Å². The van der Waals surface area contributed by atoms with Crippen LogP contribution < -0.4 is 10.5 Å². The molecule has 2 aromatic heterocycles. The number of aromatic amines is 1. The van der Waals surface area contributed by atoms with E-state index in [0.717, 1.165) is 18.5 Å². The highest BCUT2D eigenvalue weighted by atomic mass is 32.2. The second-order valence-electron chi connectivity index (χ2n) is 8.14. The van der Waals surface area contributed by atoms with E-state index < -0.39 is 46.4 Å². The molecule has 0 aliphatic carbocycles. The van der Waals surface area contributed by atoms with Gasteiger partial charge in [-0.15, -0.1) is 4.31 Å². The summed E-state index contributed by atoms with van der Waals surface area (Å²) in [4.78, 5) is 22.5. The van der Waals surface area contributed by atoms with Gasteiger partial charge in [0.15, 0.2) is 5.88 Å². The summed E-state index contributed by atoms with van der Waals surface area (Å²) in [5, 5.41) is 5.69. The average Bonchev–Trinajstić information content (AvgIpc) is 3.26. The van der Waals surface area contributed by atoms with Crippen LogP contribution in [-0.4, -0.2) is 72.5 Å². The highest BCUT2D eigenvalue weighted by Crippen LogP contribution is 2.34. The van der Waals surface area contributed by atoms with Gasteiger partial charge in [-0.1, -0.05) is 0 Å². The second-order valence-corrected chi connectivity index (χ2v) is 9.56. The fraction of sp³-hybridized carbons (Fsp3) is 0.579. The lowest BCUT2D eigenvalue weighted by atomic mass is 10.1. The van der Waals surface area contributed by atoms with Gasteiger partial charge in [0.25, 0.3) is 5.56 Å². The maximum Gasteiger partial charge on any atom is 0.421 e. The van der Waals surface area contributed by atoms with Crippen LogP contribution >= 0.6 is 0 Å². The van der Waals surface area contributed by atoms with Gasteiger partial charge in [-0.25, -0.2) is 15.1 Å². The number of hydrogen-bond donors (Lipinski definition) is 1. The smallest absolute Gasteiger partial charge is 0.421 e. The van der Waals surface area contributed by atoms with Crippen molar-refractivity contribution in [2.24, 2.45) is 0 Å². The van der Waals surface area contributed by atoms with Crippen molar-refractivity contribution in [2.75, 3.05) is 43.5 Å². The predicted molar refractivity (Wildman–Crippen MR) is 112 cm³/mol. The molecule has 2 aliphatic heterocycles. The van der Waals surface area contributed by atoms with Crippen molar-refractivity contribution in [1.29, 1.82) is 0 Å². The lowest BCUT2D eigenvalue weighted by Gasteiger charge is -2.36. The highest BCUT2D eigenvalue weighted by molar-refractivity contribution is 7.89. The number of aromatic nitrogens is 4. The van der Waals surface area contributed by atoms with Gasteiger partial charge in [0.1, 0.15) is 5.56 Å². The van der Waals surface area contributed by atoms with Crippen LogP contribution in [0.4, 0.5) is 32.3 Å². The van der Waals surface area contributed by atoms with Gasteiger partial charge in [-0.2, -0.15) is 31.4 Å². The zero-order valence-electron chi connectivity index (χ0n) is 18.1. The van der Waals surface area contributed by atoms with Crippen LogP contribution in [0.25, 0.3) is 0 Å². The molecule has 16 heteroatoms. The van der Waals surface area contributed by atoms with Gasteiger partial charge in [0.05, 0.1) is 41.8 Å². The maximum atomic E-state index is 13.1. The molecule has 0 spiro atoms. The van der Waals surface area contributed by atoms with Crippen LogP contribution in [0.5, 0.6) is 0 Å². The van der Waals surface area contributed by atoms with Gasteiger partial charge in [-0.05, 0) is 18.9 Å². The lowest BCUT2D eigenvalue weighted by Crippen LogP contribution is -2.51. The molecule has 2 saturated heterocycles. The fourth-order valence-electron chi connectivity index (χ4n) is 4.06. The fourth-order valence-corrected chi connectivity index (χ4v) is 5.39. The van der Waals surface area contributed by atoms with Crippen molar-refractivity contribution in [3.63, 3.8) is 0 Å². The summed E-state index contributed by atoms with van der Waals surface area (Å²) in [5.74, 6) is 0.219. The molecule has 2 aromatic rings. The number of nitrogens with zero attached hydrogens (tertiary/aromatic N) is 6. The molecule has 4 heterocycles. The van der Waals surface area contributed by atoms with Crippen molar-refractivity contribution in [2.45, 2.75) is 31.2 Å². The number of likely N-dealkylation sites (tertiary alicyclic amines) is 1. The molecule has 1 N–H and O–H groups in total. The zero-order valence-corrected chi connectivity index (χ0v) is 19.0. The van der Waals surface area contributed by atoms with Crippen LogP contribution in [0.15, 0.2) is 23.3 Å². The molecule has 4 rings (SSSR count). The van der Waals surface area contributed by atoms with Crippen LogP contribution in [0, 0.1) is 0 Å². The quantitative estimate of drug-likeness (QED) is 0.468. The van der Waals surface area contributed by atoms with Gasteiger partial charge < -0.3 is 9.45 Å². The van der Waals surface area contributed by atoms with E-state index in [1.54, 1.807) is 14.1 Å². The molecule has 0 aromatic carbocycles. The Labute approximate surface area is 198 Å². The molecule has 192 valence electrons. The largest absolute Gasteiger partial charge is 0.597 e. The molecule has 0 amide bonds. The maximum absolute atomic E-state index is 13.1. The molecule has 0 saturated carbocycles. The molecule has 2 unspecified atom stereocenters. The van der Waals surface area contributed by atoms with E-state index in [9.17, 15) is 35.7 Å². The highest BCUT2D eigenvalue weighted by Gasteiger charge is 2.38. The van der Waals surface area contributed by atoms with Crippen LogP contribution in [0.1, 0.15) is 35.7 Å². The Morgan fingerprint density at radius 2 is 1.69 bits per heavy atom. The minimum atomic E-state index is -4.81. The van der Waals surface area contributed by atoms with E-state index in [-0.39, 0.29) is 17.5 Å². The third kappa shape index (κ3) is 5.87. The summed E-state index contributed by atoms with van der Waals surface area (Å²) in [5.41, 5.74) is -3.52. The van der Waals surface area contributed by atoms with Crippen molar-refractivity contribution in [3.05, 3.63) is 45.6 Å². The third-order valence-electron chi connectivity index (χ3n) is 5.89. The zero-order chi connectivity index (χ0) is 25.4. The summed E-state index contributed by atoms with van der Waals surface area (Å²) in [6, 6.07) is 0.229. The topological polar surface area (TPSA) is 104 Å². The predicted octanol–water partition coefficient (Wildman–Crippen LogP) is 2.18. The van der Waals surface area contributed by atoms with E-state index in [1.807, 2.05) is 5.10 Å². The van der Waals surface area contributed by atoms with E-state index in [1.165, 1.54) is 0 Å². The number of piperazine rings is 1. The summed E-state index contributed by atoms with van der Waals surface area (Å²) < 4.78 is 92.1. The molecule has 0 bridgehead atoms. The number of nitrogens with one attached hydrogen (secondary N) is 1. The van der Waals surface area contributed by atoms with E-state index in [0.29, 0.717) is 45.6 Å². The number of hydrogen-bond acceptors (Lipinski definition) is 8. The Morgan fingerprint density at radius 1 is 1.03 bits per heavy atom. The van der Waals surface area contributed by atoms with Gasteiger partial charge >= 0.3 is 12.4 Å². The van der Waals surface area contributed by atoms with Crippen molar-refractivity contribution in [1.82, 2.24) is 29.4 Å². The molecular weight excluding hydrogens is 504 g/mol. The molecule has 35 heavy (non-hydrogen) atoms. The Bertz CT molecular complexity index is 1070. The van der Waals surface area contributed by atoms with E-state index in [4.69, 9.17) is 0 Å². The first kappa shape index (κ1) is 25.7. The minimum Gasteiger partial charge on any atom is -0.597 e. The monoisotopic (exact) mass is 525 g/mol. The summed E-state index contributed by atoms with van der Waals surface area (Å²) in [6.07, 6.45) is -6.73. The van der Waals surface area contributed by atoms with Crippen molar-refractivity contribution in [3.8, 4) is 0 Å². The van der Waals surface area contributed by atoms with Crippen molar-refractivity contribution >= 4 is 17.3 Å². The number of H-pyrrole nitrogens is 1. The molecule has 0 radical (unpaired) electrons. The minimum absolute atomic E-state index is 0.0655. The Balaban J connectivity index is 1.35. The number of anilines is 1. The van der Waals surface area contributed by atoms with Gasteiger partial charge in [-0.3, -0.25) is 9.69 Å². The third-order valence-corrected chi connectivity index (χ3v) is 7.38. The molecule has 2 aliphatic rings. The molecule has 2 fully saturated rings. The standard InChI is InChI=1S/C19H21F6N7O2S/c20-18(21,22)12-9-26-17(27-10-12)30-4-6-32(7-5-30)35(34)11-31-3-1-2-15(31)14-8-13(19(23,24)25)16(33)29-28-14/h8-10,15H,1-7,11H2,(H,29,33). The Hall–Kier alpha value is -2.43. The summed E-state index contributed by atoms with van der Waals surface area (Å²) >= 11 is -1.48. The van der Waals surface area contributed by atoms with Crippen LogP contribution in [0.2, 0.25) is 0 Å². The average molecular weight is 525 g/mol. The Morgan fingerprint density at radius 3 is 2.29 bits per heavy atom. The summed E-state index contributed by atoms with van der Waals surface area (Å²) in [6.45, 7) is 1.88. The molecule has 2 atom stereocenters. The lowest BCUT2D eigenvalue weighted by molar-refractivity contribution is -0.139. The Kier molecular flexibility index (Phi) is 7.26. The number of rotatable bonds is 5. The van der Waals surface area contributed by atoms with Gasteiger partial charge in [0.2, 0.25) is 5.95 Å². The molecular formula is C19H21F6N7O2S.